The van der Waals surface area contributed by atoms with Crippen LogP contribution in [0, 0.1) is 12.3 Å². The summed E-state index contributed by atoms with van der Waals surface area (Å²) >= 11 is 0. The monoisotopic (exact) mass is 347 g/mol. The van der Waals surface area contributed by atoms with Crippen LogP contribution in [0.1, 0.15) is 71.6 Å². The molecule has 2 aliphatic rings. The average Bonchev–Trinajstić information content (AvgIpc) is 2.81. The Kier molecular flexibility index (Phi) is 6.10. The van der Waals surface area contributed by atoms with E-state index in [0.29, 0.717) is 25.7 Å². The van der Waals surface area contributed by atoms with E-state index in [1.807, 2.05) is 13.8 Å². The first-order valence-corrected chi connectivity index (χ1v) is 9.35. The van der Waals surface area contributed by atoms with Gasteiger partial charge in [0.25, 0.3) is 5.91 Å². The largest absolute Gasteiger partial charge is 0.338 e. The third-order valence-electron chi connectivity index (χ3n) is 5.62. The molecule has 1 spiro atoms. The predicted molar refractivity (Wildman–Crippen MR) is 95.6 cm³/mol. The molecule has 2 fully saturated rings. The van der Waals surface area contributed by atoms with Crippen molar-refractivity contribution in [2.45, 2.75) is 82.7 Å². The number of hydrogen-bond donors (Lipinski definition) is 2. The van der Waals surface area contributed by atoms with Gasteiger partial charge in [0.15, 0.2) is 0 Å². The van der Waals surface area contributed by atoms with E-state index in [4.69, 9.17) is 6.42 Å². The Labute approximate surface area is 150 Å². The van der Waals surface area contributed by atoms with Crippen molar-refractivity contribution in [2.75, 3.05) is 6.54 Å². The predicted octanol–water partition coefficient (Wildman–Crippen LogP) is 2.33. The average molecular weight is 347 g/mol. The lowest BCUT2D eigenvalue weighted by Gasteiger charge is -2.29. The fraction of sp³-hybridized carbons (Fsp3) is 0.737. The smallest absolute Gasteiger partial charge is 0.325 e. The van der Waals surface area contributed by atoms with Gasteiger partial charge >= 0.3 is 6.03 Å². The molecule has 1 heterocycles. The molecule has 6 heteroatoms. The highest BCUT2D eigenvalue weighted by Gasteiger charge is 2.50. The summed E-state index contributed by atoms with van der Waals surface area (Å²) in [5.41, 5.74) is -1.55. The first-order valence-electron chi connectivity index (χ1n) is 9.35. The van der Waals surface area contributed by atoms with Crippen LogP contribution < -0.4 is 10.6 Å². The molecule has 0 atom stereocenters. The van der Waals surface area contributed by atoms with Crippen LogP contribution in [0.5, 0.6) is 0 Å². The Hall–Kier alpha value is -2.03. The highest BCUT2D eigenvalue weighted by molar-refractivity contribution is 6.09. The lowest BCUT2D eigenvalue weighted by atomic mass is 9.84. The molecule has 138 valence electrons. The lowest BCUT2D eigenvalue weighted by molar-refractivity contribution is -0.136. The van der Waals surface area contributed by atoms with Crippen molar-refractivity contribution in [1.82, 2.24) is 15.5 Å². The maximum absolute atomic E-state index is 12.9. The third kappa shape index (κ3) is 3.97. The Balaban J connectivity index is 2.07. The van der Waals surface area contributed by atoms with Crippen LogP contribution in [0.2, 0.25) is 0 Å². The van der Waals surface area contributed by atoms with Gasteiger partial charge in [0.1, 0.15) is 17.6 Å². The van der Waals surface area contributed by atoms with Gasteiger partial charge in [0.05, 0.1) is 0 Å². The zero-order valence-electron chi connectivity index (χ0n) is 15.3. The highest BCUT2D eigenvalue weighted by Crippen LogP contribution is 2.32. The van der Waals surface area contributed by atoms with Crippen LogP contribution in [-0.4, -0.2) is 40.4 Å². The van der Waals surface area contributed by atoms with Gasteiger partial charge in [-0.1, -0.05) is 51.9 Å². The number of carbonyl (C=O) groups excluding carboxylic acids is 3. The van der Waals surface area contributed by atoms with E-state index >= 15 is 0 Å². The molecule has 0 aromatic heterocycles. The maximum Gasteiger partial charge on any atom is 0.325 e. The second-order valence-corrected chi connectivity index (χ2v) is 7.15. The summed E-state index contributed by atoms with van der Waals surface area (Å²) in [4.78, 5) is 38.7. The van der Waals surface area contributed by atoms with Gasteiger partial charge in [-0.05, 0) is 25.7 Å². The topological polar surface area (TPSA) is 78.5 Å². The second kappa shape index (κ2) is 7.90. The van der Waals surface area contributed by atoms with E-state index in [0.717, 1.165) is 30.6 Å². The van der Waals surface area contributed by atoms with Gasteiger partial charge in [-0.15, -0.1) is 6.42 Å². The fourth-order valence-electron chi connectivity index (χ4n) is 3.78. The van der Waals surface area contributed by atoms with E-state index in [9.17, 15) is 14.4 Å². The third-order valence-corrected chi connectivity index (χ3v) is 5.62. The standard InChI is InChI=1S/C19H29N3O3/c1-4-18(5-2,6-3)20-15(23)14-22-16(24)19(21-17(22)25)12-10-8-7-9-11-13-19/h1H,5-14H2,2-3H3,(H,20,23)(H,21,25). The Morgan fingerprint density at radius 3 is 2.28 bits per heavy atom. The van der Waals surface area contributed by atoms with E-state index in [1.165, 1.54) is 6.42 Å². The maximum atomic E-state index is 12.9. The molecular formula is C19H29N3O3. The summed E-state index contributed by atoms with van der Waals surface area (Å²) in [7, 11) is 0. The molecule has 0 aromatic carbocycles. The number of nitrogens with one attached hydrogen (secondary N) is 2. The van der Waals surface area contributed by atoms with Crippen molar-refractivity contribution in [3.8, 4) is 12.3 Å². The minimum atomic E-state index is -0.823. The van der Waals surface area contributed by atoms with Crippen LogP contribution in [0.3, 0.4) is 0 Å². The lowest BCUT2D eigenvalue weighted by Crippen LogP contribution is -2.51. The van der Waals surface area contributed by atoms with Crippen LogP contribution in [-0.2, 0) is 9.59 Å². The fourth-order valence-corrected chi connectivity index (χ4v) is 3.78. The minimum Gasteiger partial charge on any atom is -0.338 e. The first kappa shape index (κ1) is 19.3. The van der Waals surface area contributed by atoms with E-state index in [1.54, 1.807) is 0 Å². The molecule has 2 rings (SSSR count). The van der Waals surface area contributed by atoms with E-state index < -0.39 is 23.0 Å². The van der Waals surface area contributed by atoms with Crippen LogP contribution in [0.4, 0.5) is 4.79 Å². The Morgan fingerprint density at radius 1 is 1.20 bits per heavy atom. The summed E-state index contributed by atoms with van der Waals surface area (Å²) in [5.74, 6) is 1.96. The van der Waals surface area contributed by atoms with E-state index in [2.05, 4.69) is 16.6 Å². The quantitative estimate of drug-likeness (QED) is 0.592. The molecule has 1 aliphatic carbocycles. The van der Waals surface area contributed by atoms with Gasteiger partial charge in [-0.3, -0.25) is 14.5 Å². The molecule has 2 N–H and O–H groups in total. The van der Waals surface area contributed by atoms with Crippen molar-refractivity contribution in [1.29, 1.82) is 0 Å². The molecule has 0 bridgehead atoms. The molecule has 1 saturated heterocycles. The van der Waals surface area contributed by atoms with Crippen molar-refractivity contribution < 1.29 is 14.4 Å². The molecule has 1 aliphatic heterocycles. The van der Waals surface area contributed by atoms with Gasteiger partial charge in [-0.25, -0.2) is 4.79 Å². The summed E-state index contributed by atoms with van der Waals surface area (Å²) < 4.78 is 0. The Morgan fingerprint density at radius 2 is 1.76 bits per heavy atom. The molecule has 0 radical (unpaired) electrons. The summed E-state index contributed by atoms with van der Waals surface area (Å²) in [5, 5.41) is 5.68. The van der Waals surface area contributed by atoms with Gasteiger partial charge in [0, 0.05) is 0 Å². The van der Waals surface area contributed by atoms with Crippen molar-refractivity contribution in [2.24, 2.45) is 0 Å². The van der Waals surface area contributed by atoms with Crippen LogP contribution >= 0.6 is 0 Å². The zero-order valence-corrected chi connectivity index (χ0v) is 15.3. The summed E-state index contributed by atoms with van der Waals surface area (Å²) in [6.45, 7) is 3.53. The van der Waals surface area contributed by atoms with E-state index in [-0.39, 0.29) is 12.5 Å². The molecule has 25 heavy (non-hydrogen) atoms. The number of rotatable bonds is 5. The minimum absolute atomic E-state index is 0.270. The van der Waals surface area contributed by atoms with Gasteiger partial charge < -0.3 is 10.6 Å². The summed E-state index contributed by atoms with van der Waals surface area (Å²) in [6, 6.07) is -0.472. The molecule has 4 amide bonds. The second-order valence-electron chi connectivity index (χ2n) is 7.15. The number of imide groups is 1. The normalized spacial score (nSPS) is 20.6. The number of carbonyl (C=O) groups is 3. The molecule has 1 saturated carbocycles. The van der Waals surface area contributed by atoms with Crippen molar-refractivity contribution in [3.63, 3.8) is 0 Å². The van der Waals surface area contributed by atoms with Crippen LogP contribution in [0.15, 0.2) is 0 Å². The molecule has 0 unspecified atom stereocenters. The zero-order chi connectivity index (χ0) is 18.5. The first-order chi connectivity index (χ1) is 11.9. The van der Waals surface area contributed by atoms with Gasteiger partial charge in [0.2, 0.25) is 5.91 Å². The summed E-state index contributed by atoms with van der Waals surface area (Å²) in [6.07, 6.45) is 13.2. The number of urea groups is 1. The molecule has 0 aromatic rings. The van der Waals surface area contributed by atoms with Gasteiger partial charge in [-0.2, -0.15) is 0 Å². The van der Waals surface area contributed by atoms with Crippen molar-refractivity contribution in [3.05, 3.63) is 0 Å². The molecular weight excluding hydrogens is 318 g/mol. The van der Waals surface area contributed by atoms with Crippen molar-refractivity contribution >= 4 is 17.8 Å². The number of terminal acetylenes is 1. The SMILES string of the molecule is C#CC(CC)(CC)NC(=O)CN1C(=O)NC2(CCCCCCC2)C1=O. The Bertz CT molecular complexity index is 567. The number of hydrogen-bond acceptors (Lipinski definition) is 3. The molecule has 6 nitrogen and oxygen atoms in total. The highest BCUT2D eigenvalue weighted by atomic mass is 16.2. The number of amides is 4. The van der Waals surface area contributed by atoms with Crippen LogP contribution in [0.25, 0.3) is 0 Å². The number of nitrogens with zero attached hydrogens (tertiary/aromatic N) is 1.